The van der Waals surface area contributed by atoms with E-state index >= 15 is 0 Å². The summed E-state index contributed by atoms with van der Waals surface area (Å²) in [7, 11) is 1.40. The van der Waals surface area contributed by atoms with Crippen molar-refractivity contribution in [3.63, 3.8) is 0 Å². The zero-order chi connectivity index (χ0) is 13.0. The van der Waals surface area contributed by atoms with Crippen molar-refractivity contribution in [1.29, 1.82) is 0 Å². The van der Waals surface area contributed by atoms with E-state index in [0.29, 0.717) is 18.5 Å². The Kier molecular flexibility index (Phi) is 4.93. The molecule has 1 saturated heterocycles. The molecule has 1 unspecified atom stereocenters. The summed E-state index contributed by atoms with van der Waals surface area (Å²) >= 11 is 3.32. The molecule has 0 aromatic rings. The van der Waals surface area contributed by atoms with E-state index in [1.165, 1.54) is 7.11 Å². The maximum Gasteiger partial charge on any atom is 0.186 e. The lowest BCUT2D eigenvalue weighted by molar-refractivity contribution is -0.122. The molecule has 0 saturated carbocycles. The fourth-order valence-corrected chi connectivity index (χ4v) is 2.01. The van der Waals surface area contributed by atoms with Crippen LogP contribution >= 0.6 is 15.9 Å². The van der Waals surface area contributed by atoms with Crippen LogP contribution in [-0.4, -0.2) is 30.6 Å². The minimum atomic E-state index is -0.0737. The number of halogens is 1. The number of hydrogen-bond donors (Lipinski definition) is 0. The molecule has 0 aromatic heterocycles. The third kappa shape index (κ3) is 3.19. The van der Waals surface area contributed by atoms with Gasteiger partial charge in [0.15, 0.2) is 17.8 Å². The number of rotatable bonds is 3. The average Bonchev–Trinajstić information content (AvgIpc) is 2.28. The lowest BCUT2D eigenvalue weighted by Gasteiger charge is -2.31. The third-order valence-electron chi connectivity index (χ3n) is 2.67. The van der Waals surface area contributed by atoms with Crippen LogP contribution in [0.3, 0.4) is 0 Å². The Bertz CT molecular complexity index is 383. The van der Waals surface area contributed by atoms with Gasteiger partial charge in [0.25, 0.3) is 0 Å². The molecule has 4 nitrogen and oxygen atoms in total. The molecule has 0 aromatic carbocycles. The van der Waals surface area contributed by atoms with Crippen molar-refractivity contribution in [2.45, 2.75) is 20.3 Å². The summed E-state index contributed by atoms with van der Waals surface area (Å²) in [5, 5.41) is 0. The minimum Gasteiger partial charge on any atom is -0.491 e. The second-order valence-corrected chi connectivity index (χ2v) is 5.25. The Balaban J connectivity index is 3.22. The van der Waals surface area contributed by atoms with E-state index in [1.807, 2.05) is 13.8 Å². The summed E-state index contributed by atoms with van der Waals surface area (Å²) in [6, 6.07) is 0. The summed E-state index contributed by atoms with van der Waals surface area (Å²) in [6.45, 7) is 4.43. The van der Waals surface area contributed by atoms with E-state index in [4.69, 9.17) is 4.74 Å². The van der Waals surface area contributed by atoms with Gasteiger partial charge in [-0.05, 0) is 13.3 Å². The smallest absolute Gasteiger partial charge is 0.186 e. The van der Waals surface area contributed by atoms with Gasteiger partial charge in [-0.15, -0.1) is 0 Å². The summed E-state index contributed by atoms with van der Waals surface area (Å²) in [4.78, 5) is 24.8. The molecule has 0 amide bonds. The zero-order valence-corrected chi connectivity index (χ0v) is 11.8. The van der Waals surface area contributed by atoms with Crippen LogP contribution in [0.2, 0.25) is 0 Å². The molecule has 1 atom stereocenters. The molecule has 0 radical (unpaired) electrons. The Morgan fingerprint density at radius 1 is 1.59 bits per heavy atom. The van der Waals surface area contributed by atoms with E-state index < -0.39 is 0 Å². The number of ketones is 1. The van der Waals surface area contributed by atoms with E-state index in [2.05, 4.69) is 15.9 Å². The number of allylic oxidation sites excluding steroid dienone is 3. The van der Waals surface area contributed by atoms with E-state index in [9.17, 15) is 9.59 Å². The maximum absolute atomic E-state index is 12.1. The monoisotopic (exact) mass is 301 g/mol. The topological polar surface area (TPSA) is 46.6 Å². The van der Waals surface area contributed by atoms with Gasteiger partial charge in [0.2, 0.25) is 0 Å². The fraction of sp³-hybridized carbons (Fsp3) is 0.500. The second-order valence-electron chi connectivity index (χ2n) is 4.00. The summed E-state index contributed by atoms with van der Waals surface area (Å²) in [5.74, 6) is -0.0351. The van der Waals surface area contributed by atoms with Crippen LogP contribution in [0.5, 0.6) is 0 Å². The van der Waals surface area contributed by atoms with Gasteiger partial charge in [-0.25, -0.2) is 0 Å². The van der Waals surface area contributed by atoms with E-state index in [0.717, 1.165) is 10.9 Å². The van der Waals surface area contributed by atoms with Crippen LogP contribution in [0.15, 0.2) is 22.1 Å². The molecule has 94 valence electrons. The Morgan fingerprint density at radius 2 is 2.24 bits per heavy atom. The van der Waals surface area contributed by atoms with Crippen LogP contribution in [0.25, 0.3) is 0 Å². The first-order valence-electron chi connectivity index (χ1n) is 5.39. The average molecular weight is 302 g/mol. The number of carbonyl (C=O) groups excluding carboxylic acids is 2. The molecule has 17 heavy (non-hydrogen) atoms. The highest BCUT2D eigenvalue weighted by molar-refractivity contribution is 9.11. The lowest BCUT2D eigenvalue weighted by Crippen LogP contribution is -2.36. The number of hydrogen-bond acceptors (Lipinski definition) is 4. The summed E-state index contributed by atoms with van der Waals surface area (Å²) in [6.07, 6.45) is 3.15. The van der Waals surface area contributed by atoms with Crippen LogP contribution in [0.1, 0.15) is 20.3 Å². The number of likely N-dealkylation sites (tertiary alicyclic amines) is 1. The Morgan fingerprint density at radius 3 is 2.71 bits per heavy atom. The van der Waals surface area contributed by atoms with Gasteiger partial charge >= 0.3 is 0 Å². The van der Waals surface area contributed by atoms with Gasteiger partial charge in [0.1, 0.15) is 5.70 Å². The molecule has 1 fully saturated rings. The van der Waals surface area contributed by atoms with Gasteiger partial charge in [0.05, 0.1) is 7.11 Å². The van der Waals surface area contributed by atoms with E-state index in [1.54, 1.807) is 11.1 Å². The predicted octanol–water partition coefficient (Wildman–Crippen LogP) is 2.21. The largest absolute Gasteiger partial charge is 0.491 e. The number of nitrogens with zero attached hydrogens (tertiary/aromatic N) is 1. The Labute approximate surface area is 109 Å². The maximum atomic E-state index is 12.1. The number of ether oxygens (including phenoxy) is 1. The summed E-state index contributed by atoms with van der Waals surface area (Å²) < 4.78 is 5.86. The van der Waals surface area contributed by atoms with Gasteiger partial charge in [-0.2, -0.15) is 0 Å². The number of Topliss-reactive ketones (excluding diaryl/α,β-unsaturated/α-hetero) is 1. The van der Waals surface area contributed by atoms with Crippen molar-refractivity contribution in [3.8, 4) is 0 Å². The third-order valence-corrected chi connectivity index (χ3v) is 2.87. The van der Waals surface area contributed by atoms with Gasteiger partial charge in [-0.1, -0.05) is 22.9 Å². The van der Waals surface area contributed by atoms with Crippen molar-refractivity contribution >= 4 is 28.0 Å². The van der Waals surface area contributed by atoms with E-state index in [-0.39, 0.29) is 17.5 Å². The standard InChI is InChI=1S/C12H16BrNO3/c1-8-4-5-14(6-9(2)13)11(12(8)16)10(7-15)17-3/h6-8H,4-5H2,1-3H3/b9-6+,11-10+. The van der Waals surface area contributed by atoms with Crippen molar-refractivity contribution < 1.29 is 14.3 Å². The van der Waals surface area contributed by atoms with Crippen LogP contribution in [-0.2, 0) is 14.3 Å². The molecule has 1 aliphatic rings. The number of aldehydes is 1. The van der Waals surface area contributed by atoms with Gasteiger partial charge < -0.3 is 9.64 Å². The van der Waals surface area contributed by atoms with Crippen LogP contribution in [0, 0.1) is 5.92 Å². The lowest BCUT2D eigenvalue weighted by atomic mass is 9.94. The van der Waals surface area contributed by atoms with Crippen LogP contribution < -0.4 is 0 Å². The zero-order valence-electron chi connectivity index (χ0n) is 10.2. The highest BCUT2D eigenvalue weighted by Gasteiger charge is 2.31. The predicted molar refractivity (Wildman–Crippen MR) is 68.3 cm³/mol. The molecule has 1 heterocycles. The molecule has 0 bridgehead atoms. The SMILES string of the molecule is CO/C(C=O)=C1\C(=O)C(C)CCN1/C=C(\C)Br. The second kappa shape index (κ2) is 6.00. The highest BCUT2D eigenvalue weighted by Crippen LogP contribution is 2.26. The molecular weight excluding hydrogens is 286 g/mol. The quantitative estimate of drug-likeness (QED) is 0.455. The van der Waals surface area contributed by atoms with Crippen molar-refractivity contribution in [2.24, 2.45) is 5.92 Å². The Hall–Kier alpha value is -1.10. The normalized spacial score (nSPS) is 24.7. The first-order chi connectivity index (χ1) is 8.01. The molecule has 0 aliphatic carbocycles. The fourth-order valence-electron chi connectivity index (χ4n) is 1.76. The molecule has 1 rings (SSSR count). The highest BCUT2D eigenvalue weighted by atomic mass is 79.9. The number of carbonyl (C=O) groups is 2. The molecule has 0 spiro atoms. The molecule has 5 heteroatoms. The van der Waals surface area contributed by atoms with Gasteiger partial charge in [-0.3, -0.25) is 9.59 Å². The van der Waals surface area contributed by atoms with Crippen molar-refractivity contribution in [3.05, 3.63) is 22.1 Å². The van der Waals surface area contributed by atoms with Crippen molar-refractivity contribution in [2.75, 3.05) is 13.7 Å². The van der Waals surface area contributed by atoms with Crippen molar-refractivity contribution in [1.82, 2.24) is 4.90 Å². The number of piperidine rings is 1. The number of methoxy groups -OCH3 is 1. The summed E-state index contributed by atoms with van der Waals surface area (Å²) in [5.41, 5.74) is 0.347. The minimum absolute atomic E-state index is 0.0507. The molecule has 1 aliphatic heterocycles. The molecule has 0 N–H and O–H groups in total. The van der Waals surface area contributed by atoms with Crippen LogP contribution in [0.4, 0.5) is 0 Å². The molecular formula is C12H16BrNO3. The van der Waals surface area contributed by atoms with Gasteiger partial charge in [0, 0.05) is 23.1 Å². The first-order valence-corrected chi connectivity index (χ1v) is 6.18. The first kappa shape index (κ1) is 14.0.